The first-order valence-electron chi connectivity index (χ1n) is 7.61. The molecule has 0 radical (unpaired) electrons. The first-order valence-corrected chi connectivity index (χ1v) is 9.05. The van der Waals surface area contributed by atoms with Crippen LogP contribution >= 0.6 is 0 Å². The second kappa shape index (κ2) is 6.46. The molecule has 1 aromatic heterocycles. The number of H-pyrrole nitrogens is 1. The Morgan fingerprint density at radius 2 is 2.19 bits per heavy atom. The molecule has 0 bridgehead atoms. The van der Waals surface area contributed by atoms with E-state index in [4.69, 9.17) is 0 Å². The monoisotopic (exact) mass is 314 g/mol. The fourth-order valence-electron chi connectivity index (χ4n) is 2.72. The van der Waals surface area contributed by atoms with Crippen LogP contribution in [-0.2, 0) is 16.6 Å². The highest BCUT2D eigenvalue weighted by Gasteiger charge is 2.36. The summed E-state index contributed by atoms with van der Waals surface area (Å²) >= 11 is 0. The summed E-state index contributed by atoms with van der Waals surface area (Å²) in [7, 11) is -3.50. The minimum absolute atomic E-state index is 0.0259. The van der Waals surface area contributed by atoms with Crippen LogP contribution in [0.1, 0.15) is 46.1 Å². The maximum Gasteiger partial charge on any atom is 0.260 e. The lowest BCUT2D eigenvalue weighted by Crippen LogP contribution is -2.46. The van der Waals surface area contributed by atoms with Crippen molar-refractivity contribution in [1.29, 1.82) is 0 Å². The number of hydrogen-bond acceptors (Lipinski definition) is 4. The molecule has 2 heterocycles. The van der Waals surface area contributed by atoms with E-state index in [9.17, 15) is 8.42 Å². The van der Waals surface area contributed by atoms with Crippen LogP contribution in [0.25, 0.3) is 0 Å². The average molecular weight is 314 g/mol. The second-order valence-electron chi connectivity index (χ2n) is 6.24. The largest absolute Gasteiger partial charge is 0.310 e. The lowest BCUT2D eigenvalue weighted by Gasteiger charge is -2.36. The Kier molecular flexibility index (Phi) is 5.06. The molecule has 0 aromatic carbocycles. The van der Waals surface area contributed by atoms with Crippen molar-refractivity contribution in [1.82, 2.24) is 19.8 Å². The zero-order chi connectivity index (χ0) is 15.6. The molecule has 2 N–H and O–H groups in total. The molecular weight excluding hydrogens is 288 g/mol. The zero-order valence-electron chi connectivity index (χ0n) is 13.3. The molecular formula is C14H26N4O2S. The molecule has 2 rings (SSSR count). The van der Waals surface area contributed by atoms with Gasteiger partial charge in [0.1, 0.15) is 0 Å². The lowest BCUT2D eigenvalue weighted by atomic mass is 9.94. The van der Waals surface area contributed by atoms with Crippen LogP contribution in [0.4, 0.5) is 0 Å². The van der Waals surface area contributed by atoms with Crippen molar-refractivity contribution in [2.24, 2.45) is 5.92 Å². The number of aromatic amines is 1. The molecule has 0 aliphatic carbocycles. The van der Waals surface area contributed by atoms with Crippen molar-refractivity contribution in [3.63, 3.8) is 0 Å². The molecule has 21 heavy (non-hydrogen) atoms. The van der Waals surface area contributed by atoms with Gasteiger partial charge >= 0.3 is 0 Å². The Labute approximate surface area is 127 Å². The van der Waals surface area contributed by atoms with Gasteiger partial charge in [-0.2, -0.15) is 9.40 Å². The molecule has 1 saturated heterocycles. The third-order valence-electron chi connectivity index (χ3n) is 4.26. The van der Waals surface area contributed by atoms with E-state index in [-0.39, 0.29) is 11.1 Å². The third kappa shape index (κ3) is 3.46. The smallest absolute Gasteiger partial charge is 0.260 e. The summed E-state index contributed by atoms with van der Waals surface area (Å²) in [5.41, 5.74) is 0.703. The van der Waals surface area contributed by atoms with Crippen molar-refractivity contribution in [2.45, 2.75) is 64.2 Å². The minimum atomic E-state index is -3.50. The zero-order valence-corrected chi connectivity index (χ0v) is 14.1. The molecule has 0 saturated carbocycles. The first-order chi connectivity index (χ1) is 9.84. The summed E-state index contributed by atoms with van der Waals surface area (Å²) in [6.45, 7) is 9.25. The number of rotatable bonds is 5. The molecule has 1 aliphatic heterocycles. The van der Waals surface area contributed by atoms with Gasteiger partial charge in [0.05, 0.1) is 6.20 Å². The number of hydrogen-bond donors (Lipinski definition) is 2. The third-order valence-corrected chi connectivity index (χ3v) is 6.26. The first kappa shape index (κ1) is 16.5. The fourth-order valence-corrected chi connectivity index (χ4v) is 4.59. The van der Waals surface area contributed by atoms with Crippen LogP contribution < -0.4 is 5.32 Å². The molecule has 1 aliphatic rings. The highest BCUT2D eigenvalue weighted by Crippen LogP contribution is 2.29. The molecule has 2 atom stereocenters. The van der Waals surface area contributed by atoms with Crippen LogP contribution in [0.5, 0.6) is 0 Å². The summed E-state index contributed by atoms with van der Waals surface area (Å²) in [4.78, 5) is 0. The molecule has 1 fully saturated rings. The molecule has 120 valence electrons. The summed E-state index contributed by atoms with van der Waals surface area (Å²) in [5.74, 6) is 0.383. The molecule has 7 heteroatoms. The Balaban J connectivity index is 2.25. The quantitative estimate of drug-likeness (QED) is 0.867. The highest BCUT2D eigenvalue weighted by atomic mass is 32.2. The van der Waals surface area contributed by atoms with Crippen molar-refractivity contribution in [2.75, 3.05) is 6.54 Å². The summed E-state index contributed by atoms with van der Waals surface area (Å²) in [6, 6.07) is 0.322. The van der Waals surface area contributed by atoms with Gasteiger partial charge in [0.2, 0.25) is 0 Å². The molecule has 6 nitrogen and oxygen atoms in total. The van der Waals surface area contributed by atoms with Gasteiger partial charge < -0.3 is 5.32 Å². The normalized spacial score (nSPS) is 24.6. The van der Waals surface area contributed by atoms with Crippen LogP contribution in [0, 0.1) is 5.92 Å². The van der Waals surface area contributed by atoms with E-state index in [0.29, 0.717) is 30.6 Å². The van der Waals surface area contributed by atoms with E-state index in [1.54, 1.807) is 10.5 Å². The number of nitrogens with one attached hydrogen (secondary N) is 2. The van der Waals surface area contributed by atoms with Crippen molar-refractivity contribution < 1.29 is 8.42 Å². The molecule has 0 amide bonds. The topological polar surface area (TPSA) is 78.1 Å². The fraction of sp³-hybridized carbons (Fsp3) is 0.786. The highest BCUT2D eigenvalue weighted by molar-refractivity contribution is 7.89. The van der Waals surface area contributed by atoms with E-state index < -0.39 is 10.0 Å². The minimum Gasteiger partial charge on any atom is -0.310 e. The SMILES string of the molecule is CC(C)NCc1cn[nH]c1S(=O)(=O)N1CCCC(C)C1C. The number of aromatic nitrogens is 2. The van der Waals surface area contributed by atoms with Crippen molar-refractivity contribution >= 4 is 10.0 Å². The predicted molar refractivity (Wildman–Crippen MR) is 82.3 cm³/mol. The predicted octanol–water partition coefficient (Wildman–Crippen LogP) is 1.72. The van der Waals surface area contributed by atoms with Gasteiger partial charge in [-0.25, -0.2) is 8.42 Å². The summed E-state index contributed by atoms with van der Waals surface area (Å²) < 4.78 is 27.4. The maximum atomic E-state index is 12.9. The van der Waals surface area contributed by atoms with E-state index >= 15 is 0 Å². The van der Waals surface area contributed by atoms with Gasteiger partial charge in [-0.15, -0.1) is 0 Å². The number of piperidine rings is 1. The van der Waals surface area contributed by atoms with Crippen LogP contribution in [0.15, 0.2) is 11.2 Å². The average Bonchev–Trinajstić information content (AvgIpc) is 2.88. The second-order valence-corrected chi connectivity index (χ2v) is 8.06. The molecule has 1 aromatic rings. The van der Waals surface area contributed by atoms with Crippen molar-refractivity contribution in [3.05, 3.63) is 11.8 Å². The van der Waals surface area contributed by atoms with Crippen LogP contribution in [0.2, 0.25) is 0 Å². The van der Waals surface area contributed by atoms with E-state index in [2.05, 4.69) is 22.4 Å². The van der Waals surface area contributed by atoms with Gasteiger partial charge in [0, 0.05) is 30.7 Å². The standard InChI is InChI=1S/C14H26N4O2S/c1-10(2)15-8-13-9-16-17-14(13)21(19,20)18-7-5-6-11(3)12(18)4/h9-12,15H,5-8H2,1-4H3,(H,16,17). The molecule has 0 spiro atoms. The van der Waals surface area contributed by atoms with Gasteiger partial charge in [-0.1, -0.05) is 20.8 Å². The van der Waals surface area contributed by atoms with Gasteiger partial charge in [0.25, 0.3) is 10.0 Å². The van der Waals surface area contributed by atoms with Gasteiger partial charge in [-0.3, -0.25) is 5.10 Å². The summed E-state index contributed by atoms with van der Waals surface area (Å²) in [6.07, 6.45) is 3.59. The van der Waals surface area contributed by atoms with Crippen molar-refractivity contribution in [3.8, 4) is 0 Å². The number of nitrogens with zero attached hydrogens (tertiary/aromatic N) is 2. The number of sulfonamides is 1. The lowest BCUT2D eigenvalue weighted by molar-refractivity contribution is 0.201. The van der Waals surface area contributed by atoms with Gasteiger partial charge in [0.15, 0.2) is 5.03 Å². The molecule has 2 unspecified atom stereocenters. The summed E-state index contributed by atoms with van der Waals surface area (Å²) in [5, 5.41) is 10.1. The Bertz CT molecular complexity index is 567. The van der Waals surface area contributed by atoms with E-state index in [1.165, 1.54) is 0 Å². The Morgan fingerprint density at radius 3 is 2.86 bits per heavy atom. The van der Waals surface area contributed by atoms with E-state index in [1.807, 2.05) is 20.8 Å². The van der Waals surface area contributed by atoms with Crippen LogP contribution in [0.3, 0.4) is 0 Å². The van der Waals surface area contributed by atoms with Crippen LogP contribution in [-0.4, -0.2) is 41.5 Å². The van der Waals surface area contributed by atoms with E-state index in [0.717, 1.165) is 12.8 Å². The Hall–Kier alpha value is -0.920. The Morgan fingerprint density at radius 1 is 1.48 bits per heavy atom. The maximum absolute atomic E-state index is 12.9. The van der Waals surface area contributed by atoms with Gasteiger partial charge in [-0.05, 0) is 25.7 Å².